The summed E-state index contributed by atoms with van der Waals surface area (Å²) in [5.41, 5.74) is 0.946. The molecule has 0 aliphatic carbocycles. The fourth-order valence-electron chi connectivity index (χ4n) is 1.70. The third kappa shape index (κ3) is 7.30. The molecule has 4 nitrogen and oxygen atoms in total. The van der Waals surface area contributed by atoms with Crippen LogP contribution in [0.1, 0.15) is 32.8 Å². The van der Waals surface area contributed by atoms with Crippen molar-refractivity contribution in [3.05, 3.63) is 42.0 Å². The van der Waals surface area contributed by atoms with Crippen molar-refractivity contribution >= 4 is 17.9 Å². The Labute approximate surface area is 126 Å². The van der Waals surface area contributed by atoms with Gasteiger partial charge in [0, 0.05) is 12.6 Å². The van der Waals surface area contributed by atoms with Gasteiger partial charge in [-0.2, -0.15) is 0 Å². The summed E-state index contributed by atoms with van der Waals surface area (Å²) < 4.78 is 0. The maximum Gasteiger partial charge on any atom is 0.244 e. The predicted octanol–water partition coefficient (Wildman–Crippen LogP) is 2.37. The molecule has 1 aromatic carbocycles. The molecule has 0 bridgehead atoms. The lowest BCUT2D eigenvalue weighted by Gasteiger charge is -2.13. The molecule has 1 aromatic rings. The highest BCUT2D eigenvalue weighted by Crippen LogP contribution is 2.00. The summed E-state index contributed by atoms with van der Waals surface area (Å²) in [5.74, 6) is 0.117. The van der Waals surface area contributed by atoms with E-state index in [0.717, 1.165) is 12.0 Å². The Morgan fingerprint density at radius 2 is 1.81 bits per heavy atom. The Morgan fingerprint density at radius 1 is 1.14 bits per heavy atom. The van der Waals surface area contributed by atoms with Crippen molar-refractivity contribution in [2.45, 2.75) is 33.2 Å². The molecule has 4 heteroatoms. The molecule has 1 unspecified atom stereocenters. The average molecular weight is 288 g/mol. The van der Waals surface area contributed by atoms with Gasteiger partial charge in [-0.3, -0.25) is 9.59 Å². The van der Waals surface area contributed by atoms with Crippen LogP contribution in [0.2, 0.25) is 0 Å². The van der Waals surface area contributed by atoms with Crippen LogP contribution in [-0.2, 0) is 9.59 Å². The first kappa shape index (κ1) is 17.0. The van der Waals surface area contributed by atoms with Crippen LogP contribution in [0.3, 0.4) is 0 Å². The van der Waals surface area contributed by atoms with Crippen LogP contribution < -0.4 is 10.6 Å². The highest BCUT2D eigenvalue weighted by Gasteiger charge is 2.13. The van der Waals surface area contributed by atoms with Crippen LogP contribution >= 0.6 is 0 Å². The van der Waals surface area contributed by atoms with Gasteiger partial charge in [0.15, 0.2) is 0 Å². The Balaban J connectivity index is 2.36. The van der Waals surface area contributed by atoms with Crippen LogP contribution in [0, 0.1) is 5.92 Å². The molecule has 1 rings (SSSR count). The summed E-state index contributed by atoms with van der Waals surface area (Å²) in [6.07, 6.45) is 4.09. The van der Waals surface area contributed by atoms with Crippen LogP contribution in [-0.4, -0.2) is 24.4 Å². The van der Waals surface area contributed by atoms with E-state index < -0.39 is 6.04 Å². The highest BCUT2D eigenvalue weighted by molar-refractivity contribution is 5.95. The van der Waals surface area contributed by atoms with Crippen molar-refractivity contribution in [1.82, 2.24) is 10.6 Å². The maximum atomic E-state index is 11.8. The summed E-state index contributed by atoms with van der Waals surface area (Å²) in [4.78, 5) is 23.5. The van der Waals surface area contributed by atoms with E-state index in [-0.39, 0.29) is 11.8 Å². The van der Waals surface area contributed by atoms with Gasteiger partial charge in [-0.05, 0) is 30.9 Å². The van der Waals surface area contributed by atoms with Gasteiger partial charge in [-0.1, -0.05) is 44.2 Å². The average Bonchev–Trinajstić information content (AvgIpc) is 2.45. The Morgan fingerprint density at radius 3 is 2.43 bits per heavy atom. The Hall–Kier alpha value is -2.10. The van der Waals surface area contributed by atoms with Gasteiger partial charge in [0.25, 0.3) is 0 Å². The summed E-state index contributed by atoms with van der Waals surface area (Å²) in [5, 5.41) is 5.47. The lowest BCUT2D eigenvalue weighted by Crippen LogP contribution is -2.44. The van der Waals surface area contributed by atoms with Crippen LogP contribution in [0.5, 0.6) is 0 Å². The monoisotopic (exact) mass is 288 g/mol. The van der Waals surface area contributed by atoms with E-state index in [1.165, 1.54) is 6.08 Å². The quantitative estimate of drug-likeness (QED) is 0.757. The third-order valence-corrected chi connectivity index (χ3v) is 3.00. The zero-order valence-electron chi connectivity index (χ0n) is 12.9. The van der Waals surface area contributed by atoms with Gasteiger partial charge in [-0.25, -0.2) is 0 Å². The Bertz CT molecular complexity index is 481. The minimum Gasteiger partial charge on any atom is -0.354 e. The second kappa shape index (κ2) is 8.95. The third-order valence-electron chi connectivity index (χ3n) is 3.00. The van der Waals surface area contributed by atoms with E-state index in [0.29, 0.717) is 12.5 Å². The largest absolute Gasteiger partial charge is 0.354 e. The normalized spacial score (nSPS) is 12.4. The second-order valence-corrected chi connectivity index (χ2v) is 5.45. The number of hydrogen-bond donors (Lipinski definition) is 2. The molecule has 1 atom stereocenters. The molecule has 0 heterocycles. The summed E-state index contributed by atoms with van der Waals surface area (Å²) in [7, 11) is 0. The maximum absolute atomic E-state index is 11.8. The minimum absolute atomic E-state index is 0.155. The molecule has 21 heavy (non-hydrogen) atoms. The molecule has 0 fully saturated rings. The van der Waals surface area contributed by atoms with Crippen LogP contribution in [0.25, 0.3) is 6.08 Å². The first-order valence-corrected chi connectivity index (χ1v) is 7.30. The molecule has 114 valence electrons. The van der Waals surface area contributed by atoms with E-state index in [4.69, 9.17) is 0 Å². The highest BCUT2D eigenvalue weighted by atomic mass is 16.2. The first-order valence-electron chi connectivity index (χ1n) is 7.30. The number of carbonyl (C=O) groups excluding carboxylic acids is 2. The molecule has 0 saturated carbocycles. The van der Waals surface area contributed by atoms with E-state index >= 15 is 0 Å². The van der Waals surface area contributed by atoms with E-state index in [1.807, 2.05) is 30.3 Å². The molecule has 2 N–H and O–H groups in total. The van der Waals surface area contributed by atoms with Crippen molar-refractivity contribution in [2.24, 2.45) is 5.92 Å². The van der Waals surface area contributed by atoms with Crippen molar-refractivity contribution in [1.29, 1.82) is 0 Å². The summed E-state index contributed by atoms with van der Waals surface area (Å²) in [6.45, 7) is 6.52. The molecule has 0 radical (unpaired) electrons. The molecule has 0 saturated heterocycles. The van der Waals surface area contributed by atoms with Crippen molar-refractivity contribution in [3.63, 3.8) is 0 Å². The predicted molar refractivity (Wildman–Crippen MR) is 85.5 cm³/mol. The molecule has 2 amide bonds. The van der Waals surface area contributed by atoms with Gasteiger partial charge in [0.1, 0.15) is 6.04 Å². The fourth-order valence-corrected chi connectivity index (χ4v) is 1.70. The van der Waals surface area contributed by atoms with Crippen molar-refractivity contribution < 1.29 is 9.59 Å². The van der Waals surface area contributed by atoms with E-state index in [9.17, 15) is 9.59 Å². The zero-order valence-corrected chi connectivity index (χ0v) is 12.9. The van der Waals surface area contributed by atoms with Crippen molar-refractivity contribution in [2.75, 3.05) is 6.54 Å². The summed E-state index contributed by atoms with van der Waals surface area (Å²) >= 11 is 0. The number of carbonyl (C=O) groups is 2. The second-order valence-electron chi connectivity index (χ2n) is 5.45. The van der Waals surface area contributed by atoms with Gasteiger partial charge in [-0.15, -0.1) is 0 Å². The molecular weight excluding hydrogens is 264 g/mol. The molecule has 0 aliphatic heterocycles. The first-order chi connectivity index (χ1) is 9.99. The van der Waals surface area contributed by atoms with Gasteiger partial charge in [0.2, 0.25) is 11.8 Å². The van der Waals surface area contributed by atoms with Crippen LogP contribution in [0.4, 0.5) is 0 Å². The van der Waals surface area contributed by atoms with E-state index in [2.05, 4.69) is 24.5 Å². The number of nitrogens with one attached hydrogen (secondary N) is 2. The van der Waals surface area contributed by atoms with E-state index in [1.54, 1.807) is 13.0 Å². The van der Waals surface area contributed by atoms with Gasteiger partial charge >= 0.3 is 0 Å². The van der Waals surface area contributed by atoms with Gasteiger partial charge < -0.3 is 10.6 Å². The lowest BCUT2D eigenvalue weighted by atomic mass is 10.1. The molecular formula is C17H24N2O2. The minimum atomic E-state index is -0.537. The number of hydrogen-bond acceptors (Lipinski definition) is 2. The topological polar surface area (TPSA) is 58.2 Å². The molecule has 0 aliphatic rings. The lowest BCUT2D eigenvalue weighted by molar-refractivity contribution is -0.126. The fraction of sp³-hybridized carbons (Fsp3) is 0.412. The van der Waals surface area contributed by atoms with Gasteiger partial charge in [0.05, 0.1) is 0 Å². The Kier molecular flexibility index (Phi) is 7.23. The number of benzene rings is 1. The number of amides is 2. The standard InChI is InChI=1S/C17H24N2O2/c1-13(2)11-12-18-17(21)14(3)19-16(20)10-9-15-7-5-4-6-8-15/h4-10,13-14H,11-12H2,1-3H3,(H,18,21)(H,19,20)/b10-9+. The molecule has 0 aromatic heterocycles. The number of rotatable bonds is 7. The summed E-state index contributed by atoms with van der Waals surface area (Å²) in [6, 6.07) is 9.01. The van der Waals surface area contributed by atoms with Crippen molar-refractivity contribution in [3.8, 4) is 0 Å². The smallest absolute Gasteiger partial charge is 0.244 e. The zero-order chi connectivity index (χ0) is 15.7. The molecule has 0 spiro atoms. The SMILES string of the molecule is CC(C)CCNC(=O)C(C)NC(=O)/C=C/c1ccccc1. The van der Waals surface area contributed by atoms with Crippen LogP contribution in [0.15, 0.2) is 36.4 Å².